The summed E-state index contributed by atoms with van der Waals surface area (Å²) in [6.07, 6.45) is 2.03. The van der Waals surface area contributed by atoms with Crippen LogP contribution in [0.5, 0.6) is 0 Å². The summed E-state index contributed by atoms with van der Waals surface area (Å²) in [5.74, 6) is -0.308. The molecule has 0 radical (unpaired) electrons. The molecule has 0 amide bonds. The molecule has 0 saturated heterocycles. The molecule has 0 atom stereocenters. The van der Waals surface area contributed by atoms with E-state index in [1.807, 2.05) is 30.5 Å². The van der Waals surface area contributed by atoms with Crippen LogP contribution >= 0.6 is 0 Å². The zero-order chi connectivity index (χ0) is 15.5. The third kappa shape index (κ3) is 2.61. The Morgan fingerprint density at radius 1 is 1.18 bits per heavy atom. The molecular formula is C18H18N2O2. The standard InChI is InChI=1S/C18H18N2O2/c1-22-18(21)16-5-3-2-4-15(16)12-20-9-8-14-10-13(11-19)6-7-17(14)20/h2-10H,11-12,19H2,1H3. The zero-order valence-electron chi connectivity index (χ0n) is 12.5. The quantitative estimate of drug-likeness (QED) is 0.753. The van der Waals surface area contributed by atoms with Crippen LogP contribution in [0.1, 0.15) is 21.5 Å². The average molecular weight is 294 g/mol. The number of nitrogens with two attached hydrogens (primary N) is 1. The predicted octanol–water partition coefficient (Wildman–Crippen LogP) is 2.93. The number of nitrogens with zero attached hydrogens (tertiary/aromatic N) is 1. The zero-order valence-corrected chi connectivity index (χ0v) is 12.5. The number of carbonyl (C=O) groups is 1. The van der Waals surface area contributed by atoms with Crippen LogP contribution in [-0.4, -0.2) is 17.6 Å². The number of carbonyl (C=O) groups excluding carboxylic acids is 1. The van der Waals surface area contributed by atoms with Gasteiger partial charge in [0, 0.05) is 24.8 Å². The average Bonchev–Trinajstić information content (AvgIpc) is 2.96. The first-order valence-corrected chi connectivity index (χ1v) is 7.17. The Morgan fingerprint density at radius 3 is 2.77 bits per heavy atom. The summed E-state index contributed by atoms with van der Waals surface area (Å²) in [6, 6.07) is 15.8. The molecule has 2 N–H and O–H groups in total. The summed E-state index contributed by atoms with van der Waals surface area (Å²) in [6.45, 7) is 1.16. The topological polar surface area (TPSA) is 57.2 Å². The smallest absolute Gasteiger partial charge is 0.338 e. The molecule has 2 aromatic carbocycles. The molecule has 1 heterocycles. The molecule has 0 bridgehead atoms. The van der Waals surface area contributed by atoms with Crippen LogP contribution in [0, 0.1) is 0 Å². The minimum Gasteiger partial charge on any atom is -0.465 e. The molecular weight excluding hydrogens is 276 g/mol. The Balaban J connectivity index is 1.99. The van der Waals surface area contributed by atoms with E-state index in [1.165, 1.54) is 7.11 Å². The fraction of sp³-hybridized carbons (Fsp3) is 0.167. The summed E-state index contributed by atoms with van der Waals surface area (Å²) in [5.41, 5.74) is 9.46. The van der Waals surface area contributed by atoms with E-state index >= 15 is 0 Å². The molecule has 1 aromatic heterocycles. The molecule has 112 valence electrons. The van der Waals surface area contributed by atoms with Crippen molar-refractivity contribution in [3.05, 3.63) is 71.4 Å². The van der Waals surface area contributed by atoms with Crippen molar-refractivity contribution in [3.63, 3.8) is 0 Å². The molecule has 22 heavy (non-hydrogen) atoms. The van der Waals surface area contributed by atoms with Crippen molar-refractivity contribution < 1.29 is 9.53 Å². The van der Waals surface area contributed by atoms with E-state index in [4.69, 9.17) is 10.5 Å². The summed E-state index contributed by atoms with van der Waals surface area (Å²) in [4.78, 5) is 11.9. The highest BCUT2D eigenvalue weighted by Crippen LogP contribution is 2.20. The molecule has 4 nitrogen and oxygen atoms in total. The van der Waals surface area contributed by atoms with Gasteiger partial charge >= 0.3 is 5.97 Å². The van der Waals surface area contributed by atoms with Gasteiger partial charge in [-0.25, -0.2) is 4.79 Å². The van der Waals surface area contributed by atoms with Crippen LogP contribution in [0.25, 0.3) is 10.9 Å². The minimum absolute atomic E-state index is 0.308. The highest BCUT2D eigenvalue weighted by atomic mass is 16.5. The van der Waals surface area contributed by atoms with Crippen molar-refractivity contribution >= 4 is 16.9 Å². The van der Waals surface area contributed by atoms with Gasteiger partial charge in [-0.15, -0.1) is 0 Å². The van der Waals surface area contributed by atoms with Crippen LogP contribution in [0.3, 0.4) is 0 Å². The highest BCUT2D eigenvalue weighted by molar-refractivity contribution is 5.91. The highest BCUT2D eigenvalue weighted by Gasteiger charge is 2.12. The van der Waals surface area contributed by atoms with Crippen molar-refractivity contribution in [3.8, 4) is 0 Å². The summed E-state index contributed by atoms with van der Waals surface area (Å²) >= 11 is 0. The second-order valence-electron chi connectivity index (χ2n) is 5.19. The Bertz CT molecular complexity index is 821. The van der Waals surface area contributed by atoms with Gasteiger partial charge in [0.25, 0.3) is 0 Å². The van der Waals surface area contributed by atoms with E-state index in [0.29, 0.717) is 18.7 Å². The SMILES string of the molecule is COC(=O)c1ccccc1Cn1ccc2cc(CN)ccc21. The molecule has 0 spiro atoms. The summed E-state index contributed by atoms with van der Waals surface area (Å²) in [7, 11) is 1.40. The van der Waals surface area contributed by atoms with Gasteiger partial charge in [-0.3, -0.25) is 0 Å². The van der Waals surface area contributed by atoms with Gasteiger partial charge in [0.15, 0.2) is 0 Å². The summed E-state index contributed by atoms with van der Waals surface area (Å²) < 4.78 is 6.97. The first kappa shape index (κ1) is 14.4. The van der Waals surface area contributed by atoms with Crippen molar-refractivity contribution in [2.45, 2.75) is 13.1 Å². The van der Waals surface area contributed by atoms with E-state index < -0.39 is 0 Å². The molecule has 0 unspecified atom stereocenters. The van der Waals surface area contributed by atoms with Crippen LogP contribution in [0.4, 0.5) is 0 Å². The Kier molecular flexibility index (Phi) is 3.94. The molecule has 0 aliphatic rings. The molecule has 0 fully saturated rings. The van der Waals surface area contributed by atoms with Crippen molar-refractivity contribution in [2.75, 3.05) is 7.11 Å². The number of hydrogen-bond donors (Lipinski definition) is 1. The fourth-order valence-electron chi connectivity index (χ4n) is 2.67. The first-order valence-electron chi connectivity index (χ1n) is 7.17. The van der Waals surface area contributed by atoms with Crippen LogP contribution in [0.15, 0.2) is 54.7 Å². The number of fused-ring (bicyclic) bond motifs is 1. The number of aromatic nitrogens is 1. The Hall–Kier alpha value is -2.59. The largest absolute Gasteiger partial charge is 0.465 e. The minimum atomic E-state index is -0.308. The van der Waals surface area contributed by atoms with E-state index in [9.17, 15) is 4.79 Å². The van der Waals surface area contributed by atoms with E-state index in [0.717, 1.165) is 22.0 Å². The summed E-state index contributed by atoms with van der Waals surface area (Å²) in [5, 5.41) is 1.15. The van der Waals surface area contributed by atoms with Gasteiger partial charge in [-0.1, -0.05) is 24.3 Å². The lowest BCUT2D eigenvalue weighted by molar-refractivity contribution is 0.0599. The van der Waals surface area contributed by atoms with E-state index in [2.05, 4.69) is 22.8 Å². The lowest BCUT2D eigenvalue weighted by Crippen LogP contribution is -2.08. The maximum atomic E-state index is 11.9. The van der Waals surface area contributed by atoms with Gasteiger partial charge in [0.2, 0.25) is 0 Å². The second-order valence-corrected chi connectivity index (χ2v) is 5.19. The number of hydrogen-bond acceptors (Lipinski definition) is 3. The number of esters is 1. The normalized spacial score (nSPS) is 10.8. The fourth-order valence-corrected chi connectivity index (χ4v) is 2.67. The molecule has 4 heteroatoms. The maximum Gasteiger partial charge on any atom is 0.338 e. The third-order valence-corrected chi connectivity index (χ3v) is 3.83. The molecule has 0 aliphatic carbocycles. The first-order chi connectivity index (χ1) is 10.7. The van der Waals surface area contributed by atoms with Gasteiger partial charge < -0.3 is 15.0 Å². The molecule has 3 aromatic rings. The number of methoxy groups -OCH3 is 1. The van der Waals surface area contributed by atoms with E-state index in [-0.39, 0.29) is 5.97 Å². The second kappa shape index (κ2) is 6.03. The van der Waals surface area contributed by atoms with Gasteiger partial charge in [-0.05, 0) is 40.8 Å². The van der Waals surface area contributed by atoms with Crippen molar-refractivity contribution in [1.82, 2.24) is 4.57 Å². The van der Waals surface area contributed by atoms with Gasteiger partial charge in [0.05, 0.1) is 12.7 Å². The Morgan fingerprint density at radius 2 is 2.00 bits per heavy atom. The van der Waals surface area contributed by atoms with Gasteiger partial charge in [0.1, 0.15) is 0 Å². The number of ether oxygens (including phenoxy) is 1. The lowest BCUT2D eigenvalue weighted by atomic mass is 10.1. The molecule has 3 rings (SSSR count). The third-order valence-electron chi connectivity index (χ3n) is 3.83. The Labute approximate surface area is 129 Å². The van der Waals surface area contributed by atoms with Crippen molar-refractivity contribution in [2.24, 2.45) is 5.73 Å². The molecule has 0 saturated carbocycles. The van der Waals surface area contributed by atoms with Crippen LogP contribution in [-0.2, 0) is 17.8 Å². The van der Waals surface area contributed by atoms with Gasteiger partial charge in [-0.2, -0.15) is 0 Å². The van der Waals surface area contributed by atoms with Crippen molar-refractivity contribution in [1.29, 1.82) is 0 Å². The van der Waals surface area contributed by atoms with Crippen LogP contribution < -0.4 is 5.73 Å². The van der Waals surface area contributed by atoms with Crippen LogP contribution in [0.2, 0.25) is 0 Å². The predicted molar refractivity (Wildman–Crippen MR) is 86.7 cm³/mol. The molecule has 0 aliphatic heterocycles. The number of rotatable bonds is 4. The monoisotopic (exact) mass is 294 g/mol. The number of benzene rings is 2. The maximum absolute atomic E-state index is 11.9. The lowest BCUT2D eigenvalue weighted by Gasteiger charge is -2.10. The van der Waals surface area contributed by atoms with E-state index in [1.54, 1.807) is 6.07 Å².